The minimum absolute atomic E-state index is 0.0542. The van der Waals surface area contributed by atoms with Gasteiger partial charge in [0.05, 0.1) is 17.2 Å². The average molecular weight is 361 g/mol. The smallest absolute Gasteiger partial charge is 0.416 e. The molecule has 0 saturated heterocycles. The first-order chi connectivity index (χ1) is 12.2. The largest absolute Gasteiger partial charge is 0.503 e. The number of nitrogens with zero attached hydrogens (tertiary/aromatic N) is 1. The van der Waals surface area contributed by atoms with Gasteiger partial charge in [0.15, 0.2) is 11.5 Å². The fraction of sp³-hybridized carbons (Fsp3) is 0.158. The molecule has 0 radical (unpaired) electrons. The number of carbonyl (C=O) groups excluding carboxylic acids is 2. The van der Waals surface area contributed by atoms with Crippen molar-refractivity contribution in [1.29, 1.82) is 0 Å². The van der Waals surface area contributed by atoms with Crippen LogP contribution in [0, 0.1) is 0 Å². The Bertz CT molecular complexity index is 904. The van der Waals surface area contributed by atoms with Gasteiger partial charge in [-0.15, -0.1) is 0 Å². The summed E-state index contributed by atoms with van der Waals surface area (Å²) in [5, 5.41) is 10.2. The van der Waals surface area contributed by atoms with Crippen LogP contribution in [0.5, 0.6) is 0 Å². The van der Waals surface area contributed by atoms with Crippen LogP contribution in [0.4, 0.5) is 18.9 Å². The van der Waals surface area contributed by atoms with Crippen LogP contribution < -0.4 is 4.90 Å². The lowest BCUT2D eigenvalue weighted by molar-refractivity contribution is -0.137. The van der Waals surface area contributed by atoms with Crippen LogP contribution in [0.15, 0.2) is 65.9 Å². The van der Waals surface area contributed by atoms with Crippen molar-refractivity contribution in [2.24, 2.45) is 0 Å². The first kappa shape index (κ1) is 17.7. The molecule has 1 atom stereocenters. The van der Waals surface area contributed by atoms with Gasteiger partial charge in [0.2, 0.25) is 0 Å². The van der Waals surface area contributed by atoms with E-state index >= 15 is 0 Å². The Morgan fingerprint density at radius 1 is 1.08 bits per heavy atom. The number of ketones is 1. The fourth-order valence-electron chi connectivity index (χ4n) is 3.01. The van der Waals surface area contributed by atoms with Gasteiger partial charge in [-0.2, -0.15) is 13.2 Å². The second-order valence-corrected chi connectivity index (χ2v) is 5.85. The molecule has 2 aromatic carbocycles. The molecule has 3 rings (SSSR count). The van der Waals surface area contributed by atoms with Crippen LogP contribution in [0.25, 0.3) is 0 Å². The highest BCUT2D eigenvalue weighted by molar-refractivity contribution is 6.16. The molecular weight excluding hydrogens is 347 g/mol. The zero-order valence-electron chi connectivity index (χ0n) is 13.6. The summed E-state index contributed by atoms with van der Waals surface area (Å²) >= 11 is 0. The molecule has 7 heteroatoms. The highest BCUT2D eigenvalue weighted by atomic mass is 19.4. The molecule has 2 aromatic rings. The number of amides is 1. The van der Waals surface area contributed by atoms with Gasteiger partial charge in [0.25, 0.3) is 5.91 Å². The number of hydrogen-bond donors (Lipinski definition) is 1. The van der Waals surface area contributed by atoms with Crippen molar-refractivity contribution in [1.82, 2.24) is 0 Å². The second-order valence-electron chi connectivity index (χ2n) is 5.85. The lowest BCUT2D eigenvalue weighted by Gasteiger charge is -2.27. The summed E-state index contributed by atoms with van der Waals surface area (Å²) in [6.45, 7) is 1.20. The molecule has 1 aliphatic rings. The Balaban J connectivity index is 2.17. The topological polar surface area (TPSA) is 57.6 Å². The minimum Gasteiger partial charge on any atom is -0.503 e. The van der Waals surface area contributed by atoms with Crippen molar-refractivity contribution in [2.45, 2.75) is 19.1 Å². The first-order valence-electron chi connectivity index (χ1n) is 7.71. The average Bonchev–Trinajstić information content (AvgIpc) is 2.87. The molecule has 0 unspecified atom stereocenters. The monoisotopic (exact) mass is 361 g/mol. The minimum atomic E-state index is -4.58. The maximum atomic E-state index is 13.0. The van der Waals surface area contributed by atoms with Gasteiger partial charge in [0, 0.05) is 5.69 Å². The predicted octanol–water partition coefficient (Wildman–Crippen LogP) is 4.19. The normalized spacial score (nSPS) is 17.8. The standard InChI is InChI=1S/C19H14F3NO3/c1-11(24)15-16(12-6-3-2-4-7-12)23(18(26)17(15)25)14-9-5-8-13(10-14)19(20,21)22/h2-10,16,25H,1H3/t16-/m1/s1. The van der Waals surface area contributed by atoms with Crippen LogP contribution in [0.1, 0.15) is 24.1 Å². The number of halogens is 3. The third kappa shape index (κ3) is 2.96. The SMILES string of the molecule is CC(=O)C1=C(O)C(=O)N(c2cccc(C(F)(F)F)c2)[C@@H]1c1ccccc1. The van der Waals surface area contributed by atoms with E-state index in [1.54, 1.807) is 30.3 Å². The Kier molecular flexibility index (Phi) is 4.31. The molecular formula is C19H14F3NO3. The van der Waals surface area contributed by atoms with E-state index in [2.05, 4.69) is 0 Å². The number of hydrogen-bond acceptors (Lipinski definition) is 3. The fourth-order valence-corrected chi connectivity index (χ4v) is 3.01. The van der Waals surface area contributed by atoms with Gasteiger partial charge in [0.1, 0.15) is 0 Å². The molecule has 1 amide bonds. The van der Waals surface area contributed by atoms with E-state index in [4.69, 9.17) is 0 Å². The van der Waals surface area contributed by atoms with Gasteiger partial charge >= 0.3 is 6.18 Å². The highest BCUT2D eigenvalue weighted by Gasteiger charge is 2.43. The van der Waals surface area contributed by atoms with Crippen LogP contribution in [0.3, 0.4) is 0 Å². The molecule has 1 N–H and O–H groups in total. The zero-order chi connectivity index (χ0) is 19.1. The lowest BCUT2D eigenvalue weighted by Crippen LogP contribution is -2.31. The molecule has 0 bridgehead atoms. The molecule has 0 spiro atoms. The van der Waals surface area contributed by atoms with Gasteiger partial charge in [-0.25, -0.2) is 0 Å². The number of rotatable bonds is 3. The summed E-state index contributed by atoms with van der Waals surface area (Å²) in [4.78, 5) is 25.6. The molecule has 4 nitrogen and oxygen atoms in total. The van der Waals surface area contributed by atoms with Crippen molar-refractivity contribution in [2.75, 3.05) is 4.90 Å². The van der Waals surface area contributed by atoms with Crippen LogP contribution in [0.2, 0.25) is 0 Å². The molecule has 0 aliphatic carbocycles. The Morgan fingerprint density at radius 2 is 1.73 bits per heavy atom. The van der Waals surface area contributed by atoms with Crippen molar-refractivity contribution >= 4 is 17.4 Å². The quantitative estimate of drug-likeness (QED) is 0.892. The van der Waals surface area contributed by atoms with E-state index in [0.29, 0.717) is 5.56 Å². The van der Waals surface area contributed by atoms with E-state index in [1.807, 2.05) is 0 Å². The maximum Gasteiger partial charge on any atom is 0.416 e. The molecule has 1 heterocycles. The van der Waals surface area contributed by atoms with E-state index in [1.165, 1.54) is 19.1 Å². The second kappa shape index (κ2) is 6.33. The summed E-state index contributed by atoms with van der Waals surface area (Å²) in [5.74, 6) is -2.19. The van der Waals surface area contributed by atoms with E-state index in [-0.39, 0.29) is 11.3 Å². The van der Waals surface area contributed by atoms with Crippen LogP contribution >= 0.6 is 0 Å². The van der Waals surface area contributed by atoms with Crippen molar-refractivity contribution in [3.05, 3.63) is 77.1 Å². The first-order valence-corrected chi connectivity index (χ1v) is 7.71. The highest BCUT2D eigenvalue weighted by Crippen LogP contribution is 2.42. The molecule has 1 aliphatic heterocycles. The van der Waals surface area contributed by atoms with Gasteiger partial charge in [-0.05, 0) is 30.7 Å². The molecule has 26 heavy (non-hydrogen) atoms. The summed E-state index contributed by atoms with van der Waals surface area (Å²) in [5.41, 5.74) is -0.613. The number of Topliss-reactive ketones (excluding diaryl/α,β-unsaturated/α-hetero) is 1. The number of carbonyl (C=O) groups is 2. The maximum absolute atomic E-state index is 13.0. The number of aliphatic hydroxyl groups excluding tert-OH is 1. The van der Waals surface area contributed by atoms with E-state index in [0.717, 1.165) is 17.0 Å². The third-order valence-corrected chi connectivity index (χ3v) is 4.15. The van der Waals surface area contributed by atoms with E-state index < -0.39 is 35.2 Å². The Hall–Kier alpha value is -3.09. The van der Waals surface area contributed by atoms with Crippen LogP contribution in [-0.2, 0) is 15.8 Å². The summed E-state index contributed by atoms with van der Waals surface area (Å²) in [7, 11) is 0. The lowest BCUT2D eigenvalue weighted by atomic mass is 9.96. The van der Waals surface area contributed by atoms with Gasteiger partial charge in [-0.1, -0.05) is 36.4 Å². The summed E-state index contributed by atoms with van der Waals surface area (Å²) < 4.78 is 39.1. The number of alkyl halides is 3. The van der Waals surface area contributed by atoms with Crippen LogP contribution in [-0.4, -0.2) is 16.8 Å². The summed E-state index contributed by atoms with van der Waals surface area (Å²) in [6, 6.07) is 11.6. The summed E-state index contributed by atoms with van der Waals surface area (Å²) in [6.07, 6.45) is -4.58. The molecule has 0 fully saturated rings. The van der Waals surface area contributed by atoms with Crippen molar-refractivity contribution < 1.29 is 27.9 Å². The van der Waals surface area contributed by atoms with Gasteiger partial charge < -0.3 is 5.11 Å². The molecule has 0 saturated carbocycles. The Labute approximate surface area is 147 Å². The zero-order valence-corrected chi connectivity index (χ0v) is 13.6. The van der Waals surface area contributed by atoms with Gasteiger partial charge in [-0.3, -0.25) is 14.5 Å². The number of anilines is 1. The molecule has 0 aromatic heterocycles. The number of benzene rings is 2. The Morgan fingerprint density at radius 3 is 2.31 bits per heavy atom. The van der Waals surface area contributed by atoms with Crippen molar-refractivity contribution in [3.63, 3.8) is 0 Å². The predicted molar refractivity (Wildman–Crippen MR) is 88.4 cm³/mol. The van der Waals surface area contributed by atoms with Crippen molar-refractivity contribution in [3.8, 4) is 0 Å². The number of aliphatic hydroxyl groups is 1. The molecule has 134 valence electrons. The van der Waals surface area contributed by atoms with E-state index in [9.17, 15) is 27.9 Å². The third-order valence-electron chi connectivity index (χ3n) is 4.15.